The molecular formula is C28H27N5O3S. The number of aromatic nitrogens is 4. The number of anilines is 1. The van der Waals surface area contributed by atoms with E-state index < -0.39 is 0 Å². The number of methoxy groups -OCH3 is 2. The molecule has 0 saturated heterocycles. The van der Waals surface area contributed by atoms with Crippen LogP contribution in [-0.4, -0.2) is 45.5 Å². The molecule has 0 fully saturated rings. The standard InChI is InChI=1S/C28H27N5O3S/c1-17(2)18-10-12-20(13-11-18)29-25(34)16-37-28-30-22-15-24(36-4)23(35-3)14-21(22)27-31-26(32-33(27)28)19-8-6-5-7-9-19/h5-15,17H,16H2,1-4H3,(H,29,34). The van der Waals surface area contributed by atoms with E-state index in [1.165, 1.54) is 17.3 Å². The van der Waals surface area contributed by atoms with Crippen molar-refractivity contribution in [2.75, 3.05) is 25.3 Å². The molecule has 1 N–H and O–H groups in total. The molecule has 0 aliphatic heterocycles. The van der Waals surface area contributed by atoms with E-state index in [2.05, 4.69) is 19.2 Å². The average molecular weight is 514 g/mol. The summed E-state index contributed by atoms with van der Waals surface area (Å²) >= 11 is 1.30. The van der Waals surface area contributed by atoms with Gasteiger partial charge in [0.15, 0.2) is 28.1 Å². The molecule has 2 heterocycles. The summed E-state index contributed by atoms with van der Waals surface area (Å²) < 4.78 is 12.7. The normalized spacial score (nSPS) is 11.3. The van der Waals surface area contributed by atoms with Gasteiger partial charge in [0.2, 0.25) is 5.91 Å². The molecule has 188 valence electrons. The molecule has 5 rings (SSSR count). The smallest absolute Gasteiger partial charge is 0.234 e. The highest BCUT2D eigenvalue weighted by molar-refractivity contribution is 7.99. The summed E-state index contributed by atoms with van der Waals surface area (Å²) in [7, 11) is 3.17. The predicted octanol–water partition coefficient (Wildman–Crippen LogP) is 5.82. The van der Waals surface area contributed by atoms with Crippen LogP contribution in [0.25, 0.3) is 27.9 Å². The Labute approximate surface area is 219 Å². The van der Waals surface area contributed by atoms with Crippen molar-refractivity contribution in [3.05, 3.63) is 72.3 Å². The molecule has 0 bridgehead atoms. The first-order valence-electron chi connectivity index (χ1n) is 11.9. The molecule has 0 spiro atoms. The number of thioether (sulfide) groups is 1. The van der Waals surface area contributed by atoms with Crippen LogP contribution in [0, 0.1) is 0 Å². The minimum absolute atomic E-state index is 0.131. The third-order valence-electron chi connectivity index (χ3n) is 5.97. The molecule has 2 aromatic heterocycles. The molecule has 3 aromatic carbocycles. The molecule has 0 radical (unpaired) electrons. The van der Waals surface area contributed by atoms with E-state index >= 15 is 0 Å². The number of hydrogen-bond acceptors (Lipinski definition) is 7. The minimum Gasteiger partial charge on any atom is -0.493 e. The Kier molecular flexibility index (Phi) is 6.96. The van der Waals surface area contributed by atoms with E-state index in [-0.39, 0.29) is 11.7 Å². The zero-order valence-corrected chi connectivity index (χ0v) is 21.9. The zero-order chi connectivity index (χ0) is 25.9. The molecule has 0 unspecified atom stereocenters. The summed E-state index contributed by atoms with van der Waals surface area (Å²) in [6, 6.07) is 21.3. The molecule has 37 heavy (non-hydrogen) atoms. The summed E-state index contributed by atoms with van der Waals surface area (Å²) in [6.45, 7) is 4.28. The van der Waals surface area contributed by atoms with Crippen molar-refractivity contribution in [2.45, 2.75) is 24.9 Å². The van der Waals surface area contributed by atoms with E-state index in [4.69, 9.17) is 24.5 Å². The highest BCUT2D eigenvalue weighted by Gasteiger charge is 2.18. The summed E-state index contributed by atoms with van der Waals surface area (Å²) in [6.07, 6.45) is 0. The number of amides is 1. The lowest BCUT2D eigenvalue weighted by Crippen LogP contribution is -2.14. The van der Waals surface area contributed by atoms with Gasteiger partial charge in [0.25, 0.3) is 0 Å². The summed E-state index contributed by atoms with van der Waals surface area (Å²) in [5, 5.41) is 9.02. The van der Waals surface area contributed by atoms with E-state index in [0.717, 1.165) is 16.6 Å². The maximum Gasteiger partial charge on any atom is 0.234 e. The largest absolute Gasteiger partial charge is 0.493 e. The molecule has 0 aliphatic rings. The summed E-state index contributed by atoms with van der Waals surface area (Å²) in [4.78, 5) is 22.4. The molecule has 0 aliphatic carbocycles. The Bertz CT molecular complexity index is 1570. The predicted molar refractivity (Wildman–Crippen MR) is 147 cm³/mol. The van der Waals surface area contributed by atoms with Crippen LogP contribution < -0.4 is 14.8 Å². The van der Waals surface area contributed by atoms with Crippen molar-refractivity contribution >= 4 is 39.9 Å². The molecule has 0 saturated carbocycles. The average Bonchev–Trinajstić information content (AvgIpc) is 3.38. The fourth-order valence-electron chi connectivity index (χ4n) is 3.99. The van der Waals surface area contributed by atoms with Gasteiger partial charge in [-0.1, -0.05) is 68.1 Å². The van der Waals surface area contributed by atoms with Crippen molar-refractivity contribution in [1.82, 2.24) is 19.6 Å². The van der Waals surface area contributed by atoms with Gasteiger partial charge in [0.1, 0.15) is 0 Å². The van der Waals surface area contributed by atoms with Gasteiger partial charge >= 0.3 is 0 Å². The lowest BCUT2D eigenvalue weighted by molar-refractivity contribution is -0.113. The van der Waals surface area contributed by atoms with Gasteiger partial charge in [-0.05, 0) is 29.7 Å². The quantitative estimate of drug-likeness (QED) is 0.207. The van der Waals surface area contributed by atoms with Gasteiger partial charge in [-0.25, -0.2) is 9.97 Å². The van der Waals surface area contributed by atoms with E-state index in [1.807, 2.05) is 66.7 Å². The van der Waals surface area contributed by atoms with Crippen LogP contribution >= 0.6 is 11.8 Å². The van der Waals surface area contributed by atoms with Crippen LogP contribution in [0.3, 0.4) is 0 Å². The van der Waals surface area contributed by atoms with Crippen molar-refractivity contribution in [3.8, 4) is 22.9 Å². The number of nitrogens with one attached hydrogen (secondary N) is 1. The maximum absolute atomic E-state index is 12.8. The van der Waals surface area contributed by atoms with Crippen molar-refractivity contribution in [2.24, 2.45) is 0 Å². The first kappa shape index (κ1) is 24.6. The maximum atomic E-state index is 12.8. The van der Waals surface area contributed by atoms with Gasteiger partial charge < -0.3 is 14.8 Å². The van der Waals surface area contributed by atoms with Crippen LogP contribution in [0.4, 0.5) is 5.69 Å². The number of rotatable bonds is 8. The monoisotopic (exact) mass is 513 g/mol. The van der Waals surface area contributed by atoms with Crippen LogP contribution in [0.2, 0.25) is 0 Å². The highest BCUT2D eigenvalue weighted by Crippen LogP contribution is 2.35. The number of fused-ring (bicyclic) bond motifs is 3. The van der Waals surface area contributed by atoms with Gasteiger partial charge in [-0.3, -0.25) is 4.79 Å². The Hall–Kier alpha value is -4.11. The van der Waals surface area contributed by atoms with Crippen LogP contribution in [-0.2, 0) is 4.79 Å². The number of benzene rings is 3. The summed E-state index contributed by atoms with van der Waals surface area (Å²) in [5.74, 6) is 2.17. The van der Waals surface area contributed by atoms with Gasteiger partial charge in [0, 0.05) is 22.7 Å². The second-order valence-electron chi connectivity index (χ2n) is 8.77. The third kappa shape index (κ3) is 5.08. The zero-order valence-electron chi connectivity index (χ0n) is 21.1. The first-order valence-corrected chi connectivity index (χ1v) is 12.9. The highest BCUT2D eigenvalue weighted by atomic mass is 32.2. The fraction of sp³-hybridized carbons (Fsp3) is 0.214. The fourth-order valence-corrected chi connectivity index (χ4v) is 4.74. The molecule has 5 aromatic rings. The van der Waals surface area contributed by atoms with Crippen LogP contribution in [0.5, 0.6) is 11.5 Å². The number of carbonyl (C=O) groups excluding carboxylic acids is 1. The molecule has 9 heteroatoms. The van der Waals surface area contributed by atoms with Gasteiger partial charge in [0.05, 0.1) is 25.5 Å². The Morgan fingerprint density at radius 2 is 1.68 bits per heavy atom. The molecular weight excluding hydrogens is 486 g/mol. The van der Waals surface area contributed by atoms with E-state index in [1.54, 1.807) is 18.7 Å². The number of hydrogen-bond donors (Lipinski definition) is 1. The number of nitrogens with zero attached hydrogens (tertiary/aromatic N) is 4. The second kappa shape index (κ2) is 10.5. The number of ether oxygens (including phenoxy) is 2. The lowest BCUT2D eigenvalue weighted by atomic mass is 10.0. The lowest BCUT2D eigenvalue weighted by Gasteiger charge is -2.11. The Balaban J connectivity index is 1.49. The minimum atomic E-state index is -0.131. The second-order valence-corrected chi connectivity index (χ2v) is 9.71. The topological polar surface area (TPSA) is 90.6 Å². The third-order valence-corrected chi connectivity index (χ3v) is 6.90. The Morgan fingerprint density at radius 1 is 0.973 bits per heavy atom. The van der Waals surface area contributed by atoms with E-state index in [0.29, 0.717) is 39.6 Å². The van der Waals surface area contributed by atoms with E-state index in [9.17, 15) is 4.79 Å². The van der Waals surface area contributed by atoms with Crippen LogP contribution in [0.15, 0.2) is 71.9 Å². The molecule has 1 amide bonds. The van der Waals surface area contributed by atoms with Crippen molar-refractivity contribution < 1.29 is 14.3 Å². The van der Waals surface area contributed by atoms with Gasteiger partial charge in [-0.15, -0.1) is 5.10 Å². The van der Waals surface area contributed by atoms with Crippen molar-refractivity contribution in [1.29, 1.82) is 0 Å². The molecule has 8 nitrogen and oxygen atoms in total. The van der Waals surface area contributed by atoms with Crippen molar-refractivity contribution in [3.63, 3.8) is 0 Å². The number of carbonyl (C=O) groups is 1. The van der Waals surface area contributed by atoms with Gasteiger partial charge in [-0.2, -0.15) is 4.52 Å². The Morgan fingerprint density at radius 3 is 2.35 bits per heavy atom. The van der Waals surface area contributed by atoms with Crippen LogP contribution in [0.1, 0.15) is 25.3 Å². The SMILES string of the molecule is COc1cc2nc(SCC(=O)Nc3ccc(C(C)C)cc3)n3nc(-c4ccccc4)nc3c2cc1OC. The molecule has 0 atom stereocenters. The summed E-state index contributed by atoms with van der Waals surface area (Å²) in [5.41, 5.74) is 4.16. The first-order chi connectivity index (χ1) is 18.0.